The number of pyridine rings is 1. The standard InChI is InChI=1S/C27H29NO2.C12H10N.Pt/c1-27(2,3)26(30)18-21(29)17-14-19-12-15-20(16-13-19)28-24-10-6-4-8-22(24)23-9-5-7-11-25(23)28;1-10-5-7-11(8-6-10)12-4-2-3-9-13-12;/h4-13,15-16,18,26,29-30H,14,17H2,1-3H3;2-7,9H,1H3;/q;-1;. The summed E-state index contributed by atoms with van der Waals surface area (Å²) in [7, 11) is 0. The number of aliphatic hydroxyl groups is 2. The van der Waals surface area contributed by atoms with Gasteiger partial charge in [-0.3, -0.25) is 0 Å². The third kappa shape index (κ3) is 7.94. The second kappa shape index (κ2) is 14.7. The van der Waals surface area contributed by atoms with Gasteiger partial charge in [0.05, 0.1) is 22.9 Å². The van der Waals surface area contributed by atoms with Gasteiger partial charge in [0.25, 0.3) is 0 Å². The van der Waals surface area contributed by atoms with E-state index in [9.17, 15) is 10.2 Å². The van der Waals surface area contributed by atoms with Gasteiger partial charge in [0, 0.05) is 50.1 Å². The van der Waals surface area contributed by atoms with E-state index in [4.69, 9.17) is 0 Å². The summed E-state index contributed by atoms with van der Waals surface area (Å²) in [6.45, 7) is 7.91. The Hall–Kier alpha value is -3.98. The zero-order valence-electron chi connectivity index (χ0n) is 25.6. The van der Waals surface area contributed by atoms with Crippen molar-refractivity contribution < 1.29 is 31.3 Å². The minimum atomic E-state index is -0.657. The SMILES string of the molecule is CC(C)(C)C(O)C=C(O)CCc1ccc(-n2c3ccccc3c3ccccc32)cc1.Cc1c[c-]c(-c2ccccn2)cc1.[Pt]. The van der Waals surface area contributed by atoms with E-state index in [0.717, 1.165) is 28.9 Å². The Balaban J connectivity index is 0.000000264. The molecule has 0 bridgehead atoms. The molecule has 0 radical (unpaired) electrons. The topological polar surface area (TPSA) is 58.3 Å². The van der Waals surface area contributed by atoms with Crippen molar-refractivity contribution in [2.24, 2.45) is 5.41 Å². The molecule has 2 heterocycles. The average Bonchev–Trinajstić information content (AvgIpc) is 3.35. The maximum atomic E-state index is 10.2. The third-order valence-electron chi connectivity index (χ3n) is 7.59. The van der Waals surface area contributed by atoms with E-state index in [-0.39, 0.29) is 32.2 Å². The molecule has 4 nitrogen and oxygen atoms in total. The molecule has 0 aliphatic carbocycles. The smallest absolute Gasteiger partial charge is 0.0912 e. The molecule has 228 valence electrons. The van der Waals surface area contributed by atoms with Crippen LogP contribution in [0.25, 0.3) is 38.8 Å². The van der Waals surface area contributed by atoms with E-state index < -0.39 is 6.10 Å². The molecule has 1 unspecified atom stereocenters. The Labute approximate surface area is 275 Å². The summed E-state index contributed by atoms with van der Waals surface area (Å²) in [4.78, 5) is 4.25. The normalized spacial score (nSPS) is 12.3. The van der Waals surface area contributed by atoms with Crippen LogP contribution < -0.4 is 0 Å². The zero-order chi connectivity index (χ0) is 30.4. The van der Waals surface area contributed by atoms with Crippen LogP contribution in [0.15, 0.2) is 127 Å². The fourth-order valence-corrected chi connectivity index (χ4v) is 4.98. The van der Waals surface area contributed by atoms with Crippen LogP contribution in [-0.4, -0.2) is 25.9 Å². The summed E-state index contributed by atoms with van der Waals surface area (Å²) in [6.07, 6.45) is 3.94. The van der Waals surface area contributed by atoms with Crippen LogP contribution in [0.5, 0.6) is 0 Å². The van der Waals surface area contributed by atoms with Crippen LogP contribution in [0.2, 0.25) is 0 Å². The predicted molar refractivity (Wildman–Crippen MR) is 179 cm³/mol. The average molecular weight is 763 g/mol. The molecule has 0 amide bonds. The number of para-hydroxylation sites is 2. The Morgan fingerprint density at radius 2 is 1.45 bits per heavy atom. The maximum Gasteiger partial charge on any atom is 0.0912 e. The number of allylic oxidation sites excluding steroid dienone is 1. The summed E-state index contributed by atoms with van der Waals surface area (Å²) < 4.78 is 2.30. The number of benzene rings is 4. The molecule has 2 N–H and O–H groups in total. The van der Waals surface area contributed by atoms with Crippen molar-refractivity contribution >= 4 is 21.8 Å². The summed E-state index contributed by atoms with van der Waals surface area (Å²) in [5.41, 5.74) is 7.64. The molecule has 0 fully saturated rings. The first kappa shape index (κ1) is 32.9. The molecule has 0 spiro atoms. The maximum absolute atomic E-state index is 10.2. The van der Waals surface area contributed by atoms with Gasteiger partial charge in [0.2, 0.25) is 0 Å². The molecule has 1 atom stereocenters. The number of hydrogen-bond donors (Lipinski definition) is 2. The minimum absolute atomic E-state index is 0. The fourth-order valence-electron chi connectivity index (χ4n) is 4.98. The van der Waals surface area contributed by atoms with E-state index in [1.807, 2.05) is 51.1 Å². The van der Waals surface area contributed by atoms with Gasteiger partial charge >= 0.3 is 0 Å². The van der Waals surface area contributed by atoms with E-state index in [1.54, 1.807) is 12.3 Å². The van der Waals surface area contributed by atoms with Gasteiger partial charge in [-0.15, -0.1) is 35.4 Å². The fraction of sp³-hybridized carbons (Fsp3) is 0.205. The van der Waals surface area contributed by atoms with E-state index >= 15 is 0 Å². The minimum Gasteiger partial charge on any atom is -0.513 e. The number of rotatable bonds is 6. The Bertz CT molecular complexity index is 1760. The molecule has 6 rings (SSSR count). The molecule has 0 saturated heterocycles. The first-order valence-electron chi connectivity index (χ1n) is 14.8. The molecular formula is C39H39N2O2Pt-. The Kier molecular flexibility index (Phi) is 11.0. The van der Waals surface area contributed by atoms with Crippen molar-refractivity contribution in [3.63, 3.8) is 0 Å². The molecule has 2 aromatic heterocycles. The van der Waals surface area contributed by atoms with Gasteiger partial charge < -0.3 is 19.8 Å². The first-order chi connectivity index (χ1) is 20.7. The van der Waals surface area contributed by atoms with Crippen molar-refractivity contribution in [2.75, 3.05) is 0 Å². The number of aryl methyl sites for hydroxylation is 2. The zero-order valence-corrected chi connectivity index (χ0v) is 27.9. The monoisotopic (exact) mass is 762 g/mol. The van der Waals surface area contributed by atoms with Crippen molar-refractivity contribution in [3.05, 3.63) is 144 Å². The van der Waals surface area contributed by atoms with Crippen molar-refractivity contribution in [1.82, 2.24) is 9.55 Å². The Morgan fingerprint density at radius 1 is 0.841 bits per heavy atom. The van der Waals surface area contributed by atoms with Gasteiger partial charge in [0.15, 0.2) is 0 Å². The van der Waals surface area contributed by atoms with Gasteiger partial charge in [-0.25, -0.2) is 0 Å². The van der Waals surface area contributed by atoms with E-state index in [2.05, 4.69) is 101 Å². The van der Waals surface area contributed by atoms with Gasteiger partial charge in [0.1, 0.15) is 0 Å². The number of aromatic nitrogens is 2. The summed E-state index contributed by atoms with van der Waals surface area (Å²) in [5, 5.41) is 22.8. The Morgan fingerprint density at radius 3 is 2.00 bits per heavy atom. The predicted octanol–water partition coefficient (Wildman–Crippen LogP) is 9.42. The van der Waals surface area contributed by atoms with Crippen molar-refractivity contribution in [2.45, 2.75) is 46.6 Å². The van der Waals surface area contributed by atoms with Crippen molar-refractivity contribution in [1.29, 1.82) is 0 Å². The van der Waals surface area contributed by atoms with Crippen LogP contribution >= 0.6 is 0 Å². The second-order valence-electron chi connectivity index (χ2n) is 12.0. The van der Waals surface area contributed by atoms with Crippen molar-refractivity contribution in [3.8, 4) is 16.9 Å². The molecule has 4 aromatic carbocycles. The molecule has 5 heteroatoms. The van der Waals surface area contributed by atoms with Crippen LogP contribution in [0.1, 0.15) is 38.3 Å². The van der Waals surface area contributed by atoms with Crippen LogP contribution in [0, 0.1) is 18.4 Å². The van der Waals surface area contributed by atoms with E-state index in [1.165, 1.54) is 27.4 Å². The molecule has 0 aliphatic rings. The number of hydrogen-bond acceptors (Lipinski definition) is 3. The molecule has 0 aliphatic heterocycles. The van der Waals surface area contributed by atoms with Gasteiger partial charge in [-0.1, -0.05) is 88.4 Å². The van der Waals surface area contributed by atoms with Crippen LogP contribution in [0.4, 0.5) is 0 Å². The van der Waals surface area contributed by atoms with Gasteiger partial charge in [-0.05, 0) is 59.5 Å². The molecule has 0 saturated carbocycles. The summed E-state index contributed by atoms with van der Waals surface area (Å²) in [5.74, 6) is 0.240. The largest absolute Gasteiger partial charge is 0.513 e. The first-order valence-corrected chi connectivity index (χ1v) is 14.8. The molecular weight excluding hydrogens is 724 g/mol. The quantitative estimate of drug-likeness (QED) is 0.131. The van der Waals surface area contributed by atoms with Crippen LogP contribution in [0.3, 0.4) is 0 Å². The molecule has 44 heavy (non-hydrogen) atoms. The third-order valence-corrected chi connectivity index (χ3v) is 7.59. The van der Waals surface area contributed by atoms with Gasteiger partial charge in [-0.2, -0.15) is 0 Å². The van der Waals surface area contributed by atoms with E-state index in [0.29, 0.717) is 6.42 Å². The number of aliphatic hydroxyl groups excluding tert-OH is 2. The number of nitrogens with zero attached hydrogens (tertiary/aromatic N) is 2. The summed E-state index contributed by atoms with van der Waals surface area (Å²) >= 11 is 0. The molecule has 6 aromatic rings. The van der Waals surface area contributed by atoms with Crippen LogP contribution in [-0.2, 0) is 27.5 Å². The summed E-state index contributed by atoms with van der Waals surface area (Å²) in [6, 6.07) is 40.6. The number of fused-ring (bicyclic) bond motifs is 3. The second-order valence-corrected chi connectivity index (χ2v) is 12.0.